The highest BCUT2D eigenvalue weighted by Gasteiger charge is 2.18. The van der Waals surface area contributed by atoms with Gasteiger partial charge in [0.25, 0.3) is 0 Å². The van der Waals surface area contributed by atoms with Gasteiger partial charge >= 0.3 is 0 Å². The molecule has 0 spiro atoms. The minimum absolute atomic E-state index is 0.0480. The SMILES string of the molecule is OCc1ccc([C@@H]2COCCN2)o1. The number of aliphatic hydroxyl groups excluding tert-OH is 1. The maximum atomic E-state index is 8.80. The number of ether oxygens (including phenoxy) is 1. The van der Waals surface area contributed by atoms with Crippen molar-refractivity contribution in [3.8, 4) is 0 Å². The monoisotopic (exact) mass is 183 g/mol. The zero-order chi connectivity index (χ0) is 9.10. The van der Waals surface area contributed by atoms with Gasteiger partial charge in [-0.3, -0.25) is 0 Å². The Morgan fingerprint density at radius 1 is 1.54 bits per heavy atom. The van der Waals surface area contributed by atoms with E-state index in [-0.39, 0.29) is 12.6 Å². The number of nitrogens with one attached hydrogen (secondary N) is 1. The first-order chi connectivity index (χ1) is 6.40. The molecule has 1 aromatic rings. The summed E-state index contributed by atoms with van der Waals surface area (Å²) in [4.78, 5) is 0. The molecule has 1 aliphatic heterocycles. The summed E-state index contributed by atoms with van der Waals surface area (Å²) >= 11 is 0. The molecule has 0 aromatic carbocycles. The molecule has 4 heteroatoms. The molecule has 0 amide bonds. The van der Waals surface area contributed by atoms with Crippen molar-refractivity contribution < 1.29 is 14.3 Å². The smallest absolute Gasteiger partial charge is 0.129 e. The molecule has 1 aromatic heterocycles. The molecule has 2 rings (SSSR count). The van der Waals surface area contributed by atoms with E-state index in [0.29, 0.717) is 12.4 Å². The van der Waals surface area contributed by atoms with E-state index in [1.807, 2.05) is 6.07 Å². The predicted octanol–water partition coefficient (Wildman–Crippen LogP) is 0.433. The van der Waals surface area contributed by atoms with Crippen molar-refractivity contribution in [1.29, 1.82) is 0 Å². The molecule has 1 aliphatic rings. The van der Waals surface area contributed by atoms with Crippen molar-refractivity contribution in [1.82, 2.24) is 5.32 Å². The van der Waals surface area contributed by atoms with Crippen LogP contribution in [0.1, 0.15) is 17.6 Å². The fourth-order valence-electron chi connectivity index (χ4n) is 1.41. The Labute approximate surface area is 76.5 Å². The summed E-state index contributed by atoms with van der Waals surface area (Å²) in [5.74, 6) is 1.44. The molecule has 1 atom stereocenters. The van der Waals surface area contributed by atoms with Gasteiger partial charge in [0.05, 0.1) is 19.3 Å². The molecule has 72 valence electrons. The topological polar surface area (TPSA) is 54.6 Å². The Morgan fingerprint density at radius 3 is 3.08 bits per heavy atom. The van der Waals surface area contributed by atoms with Gasteiger partial charge in [0.2, 0.25) is 0 Å². The van der Waals surface area contributed by atoms with Gasteiger partial charge in [0.15, 0.2) is 0 Å². The third-order valence-electron chi connectivity index (χ3n) is 2.10. The molecule has 2 heterocycles. The maximum absolute atomic E-state index is 8.80. The van der Waals surface area contributed by atoms with E-state index in [4.69, 9.17) is 14.3 Å². The number of morpholine rings is 1. The molecule has 0 unspecified atom stereocenters. The van der Waals surface area contributed by atoms with Gasteiger partial charge in [-0.2, -0.15) is 0 Å². The van der Waals surface area contributed by atoms with Gasteiger partial charge in [-0.15, -0.1) is 0 Å². The van der Waals surface area contributed by atoms with E-state index in [1.54, 1.807) is 6.07 Å². The third-order valence-corrected chi connectivity index (χ3v) is 2.10. The van der Waals surface area contributed by atoms with Crippen LogP contribution < -0.4 is 5.32 Å². The quantitative estimate of drug-likeness (QED) is 0.698. The molecule has 0 saturated carbocycles. The second-order valence-electron chi connectivity index (χ2n) is 3.04. The molecule has 13 heavy (non-hydrogen) atoms. The fourth-order valence-corrected chi connectivity index (χ4v) is 1.41. The Hall–Kier alpha value is -0.840. The Balaban J connectivity index is 2.05. The lowest BCUT2D eigenvalue weighted by atomic mass is 10.2. The van der Waals surface area contributed by atoms with E-state index in [1.165, 1.54) is 0 Å². The highest BCUT2D eigenvalue weighted by atomic mass is 16.5. The number of hydrogen-bond acceptors (Lipinski definition) is 4. The van der Waals surface area contributed by atoms with Gasteiger partial charge in [-0.05, 0) is 12.1 Å². The molecule has 0 aliphatic carbocycles. The second-order valence-corrected chi connectivity index (χ2v) is 3.04. The third kappa shape index (κ3) is 1.91. The lowest BCUT2D eigenvalue weighted by Crippen LogP contribution is -2.34. The Kier molecular flexibility index (Phi) is 2.63. The molecule has 0 radical (unpaired) electrons. The summed E-state index contributed by atoms with van der Waals surface area (Å²) < 4.78 is 10.7. The zero-order valence-electron chi connectivity index (χ0n) is 7.32. The normalized spacial score (nSPS) is 23.3. The average Bonchev–Trinajstić information content (AvgIpc) is 2.67. The van der Waals surface area contributed by atoms with Gasteiger partial charge in [0.1, 0.15) is 18.1 Å². The van der Waals surface area contributed by atoms with Crippen molar-refractivity contribution in [2.75, 3.05) is 19.8 Å². The van der Waals surface area contributed by atoms with Crippen LogP contribution in [-0.4, -0.2) is 24.9 Å². The molecule has 1 fully saturated rings. The van der Waals surface area contributed by atoms with Crippen LogP contribution in [0.5, 0.6) is 0 Å². The number of furan rings is 1. The van der Waals surface area contributed by atoms with Crippen molar-refractivity contribution in [3.05, 3.63) is 23.7 Å². The molecule has 1 saturated heterocycles. The molecule has 2 N–H and O–H groups in total. The van der Waals surface area contributed by atoms with Gasteiger partial charge in [-0.25, -0.2) is 0 Å². The minimum Gasteiger partial charge on any atom is -0.462 e. The van der Waals surface area contributed by atoms with Crippen LogP contribution in [0.2, 0.25) is 0 Å². The van der Waals surface area contributed by atoms with Crippen molar-refractivity contribution >= 4 is 0 Å². The molecule has 0 bridgehead atoms. The Bertz CT molecular complexity index is 266. The van der Waals surface area contributed by atoms with Gasteiger partial charge < -0.3 is 19.6 Å². The van der Waals surface area contributed by atoms with E-state index in [2.05, 4.69) is 5.32 Å². The van der Waals surface area contributed by atoms with E-state index < -0.39 is 0 Å². The summed E-state index contributed by atoms with van der Waals surface area (Å²) in [5, 5.41) is 12.1. The number of rotatable bonds is 2. The average molecular weight is 183 g/mol. The van der Waals surface area contributed by atoms with Crippen LogP contribution in [0.3, 0.4) is 0 Å². The van der Waals surface area contributed by atoms with Crippen LogP contribution in [0.25, 0.3) is 0 Å². The molecule has 4 nitrogen and oxygen atoms in total. The molecular weight excluding hydrogens is 170 g/mol. The lowest BCUT2D eigenvalue weighted by Gasteiger charge is -2.21. The Morgan fingerprint density at radius 2 is 2.46 bits per heavy atom. The van der Waals surface area contributed by atoms with Crippen molar-refractivity contribution in [2.45, 2.75) is 12.6 Å². The first kappa shape index (κ1) is 8.74. The number of aliphatic hydroxyl groups is 1. The number of hydrogen-bond donors (Lipinski definition) is 2. The van der Waals surface area contributed by atoms with E-state index in [9.17, 15) is 0 Å². The first-order valence-corrected chi connectivity index (χ1v) is 4.41. The lowest BCUT2D eigenvalue weighted by molar-refractivity contribution is 0.0688. The van der Waals surface area contributed by atoms with E-state index in [0.717, 1.165) is 18.9 Å². The van der Waals surface area contributed by atoms with Gasteiger partial charge in [-0.1, -0.05) is 0 Å². The maximum Gasteiger partial charge on any atom is 0.129 e. The summed E-state index contributed by atoms with van der Waals surface area (Å²) in [6.07, 6.45) is 0. The van der Waals surface area contributed by atoms with Crippen molar-refractivity contribution in [3.63, 3.8) is 0 Å². The summed E-state index contributed by atoms with van der Waals surface area (Å²) in [7, 11) is 0. The predicted molar refractivity (Wildman–Crippen MR) is 46.2 cm³/mol. The van der Waals surface area contributed by atoms with Crippen molar-refractivity contribution in [2.24, 2.45) is 0 Å². The summed E-state index contributed by atoms with van der Waals surface area (Å²) in [6, 6.07) is 3.79. The standard InChI is InChI=1S/C9H13NO3/c11-5-7-1-2-9(13-7)8-6-12-4-3-10-8/h1-2,8,10-11H,3-6H2/t8-/m0/s1. The van der Waals surface area contributed by atoms with Crippen LogP contribution >= 0.6 is 0 Å². The van der Waals surface area contributed by atoms with Crippen LogP contribution in [0.15, 0.2) is 16.5 Å². The van der Waals surface area contributed by atoms with Crippen LogP contribution in [0.4, 0.5) is 0 Å². The zero-order valence-corrected chi connectivity index (χ0v) is 7.32. The summed E-state index contributed by atoms with van der Waals surface area (Å²) in [6.45, 7) is 2.19. The highest BCUT2D eigenvalue weighted by Crippen LogP contribution is 2.18. The largest absolute Gasteiger partial charge is 0.462 e. The first-order valence-electron chi connectivity index (χ1n) is 4.41. The second kappa shape index (κ2) is 3.91. The highest BCUT2D eigenvalue weighted by molar-refractivity contribution is 5.10. The molecular formula is C9H13NO3. The van der Waals surface area contributed by atoms with Crippen LogP contribution in [0, 0.1) is 0 Å². The van der Waals surface area contributed by atoms with E-state index >= 15 is 0 Å². The van der Waals surface area contributed by atoms with Gasteiger partial charge in [0, 0.05) is 6.54 Å². The van der Waals surface area contributed by atoms with Crippen LogP contribution in [-0.2, 0) is 11.3 Å². The summed E-state index contributed by atoms with van der Waals surface area (Å²) in [5.41, 5.74) is 0. The fraction of sp³-hybridized carbons (Fsp3) is 0.556. The minimum atomic E-state index is -0.0480.